The van der Waals surface area contributed by atoms with Gasteiger partial charge in [-0.3, -0.25) is 9.78 Å². The number of hydrogen-bond acceptors (Lipinski definition) is 4. The number of hydrogen-bond donors (Lipinski definition) is 1. The number of rotatable bonds is 4. The highest BCUT2D eigenvalue weighted by molar-refractivity contribution is 5.93. The van der Waals surface area contributed by atoms with Crippen molar-refractivity contribution in [3.63, 3.8) is 0 Å². The van der Waals surface area contributed by atoms with E-state index in [1.165, 1.54) is 0 Å². The summed E-state index contributed by atoms with van der Waals surface area (Å²) in [6.07, 6.45) is 3.19. The number of pyridine rings is 1. The van der Waals surface area contributed by atoms with Crippen LogP contribution in [0.2, 0.25) is 0 Å². The molecule has 5 heteroatoms. The summed E-state index contributed by atoms with van der Waals surface area (Å²) in [6.45, 7) is 0.261. The molecule has 0 unspecified atom stereocenters. The Hall–Kier alpha value is -2.17. The molecule has 0 aliphatic heterocycles. The van der Waals surface area contributed by atoms with Crippen molar-refractivity contribution < 1.29 is 14.7 Å². The Balaban J connectivity index is 2.38. The first-order valence-corrected chi connectivity index (χ1v) is 4.25. The van der Waals surface area contributed by atoms with E-state index in [1.807, 2.05) is 0 Å². The number of amides is 1. The van der Waals surface area contributed by atoms with Crippen molar-refractivity contribution in [2.75, 3.05) is 0 Å². The molecule has 0 atom stereocenters. The Morgan fingerprint density at radius 1 is 1.40 bits per heavy atom. The molecule has 0 aromatic carbocycles. The number of nitrogens with one attached hydrogen (secondary N) is 1. The van der Waals surface area contributed by atoms with Crippen LogP contribution in [-0.4, -0.2) is 16.9 Å². The van der Waals surface area contributed by atoms with E-state index < -0.39 is 11.9 Å². The SMILES string of the molecule is O=C([O-])/C=C/C(=O)NCc1ccccn1. The van der Waals surface area contributed by atoms with Gasteiger partial charge in [-0.2, -0.15) is 0 Å². The highest BCUT2D eigenvalue weighted by atomic mass is 16.4. The maximum absolute atomic E-state index is 11.0. The summed E-state index contributed by atoms with van der Waals surface area (Å²) in [6, 6.07) is 5.32. The van der Waals surface area contributed by atoms with E-state index in [-0.39, 0.29) is 6.54 Å². The van der Waals surface area contributed by atoms with Crippen LogP contribution in [0.5, 0.6) is 0 Å². The van der Waals surface area contributed by atoms with Crippen molar-refractivity contribution >= 4 is 11.9 Å². The first kappa shape index (κ1) is 10.9. The van der Waals surface area contributed by atoms with Crippen LogP contribution in [0.1, 0.15) is 5.69 Å². The topological polar surface area (TPSA) is 82.1 Å². The molecule has 5 nitrogen and oxygen atoms in total. The number of nitrogens with zero attached hydrogens (tertiary/aromatic N) is 1. The molecule has 1 N–H and O–H groups in total. The third-order valence-corrected chi connectivity index (χ3v) is 1.54. The second-order valence-electron chi connectivity index (χ2n) is 2.69. The number of carboxylic acid groups (broad SMARTS) is 1. The van der Waals surface area contributed by atoms with Crippen LogP contribution < -0.4 is 10.4 Å². The first-order valence-electron chi connectivity index (χ1n) is 4.25. The van der Waals surface area contributed by atoms with Crippen molar-refractivity contribution in [3.8, 4) is 0 Å². The molecule has 0 radical (unpaired) electrons. The maximum atomic E-state index is 11.0. The van der Waals surface area contributed by atoms with Gasteiger partial charge in [-0.15, -0.1) is 0 Å². The summed E-state index contributed by atoms with van der Waals surface area (Å²) in [4.78, 5) is 25.0. The molecule has 0 saturated carbocycles. The molecule has 0 bridgehead atoms. The lowest BCUT2D eigenvalue weighted by Crippen LogP contribution is -2.23. The van der Waals surface area contributed by atoms with Crippen LogP contribution in [-0.2, 0) is 16.1 Å². The van der Waals surface area contributed by atoms with E-state index in [0.29, 0.717) is 11.8 Å². The van der Waals surface area contributed by atoms with Crippen LogP contribution in [0, 0.1) is 0 Å². The third kappa shape index (κ3) is 4.56. The molecule has 1 amide bonds. The molecule has 0 spiro atoms. The molecular weight excluding hydrogens is 196 g/mol. The fourth-order valence-corrected chi connectivity index (χ4v) is 0.883. The smallest absolute Gasteiger partial charge is 0.244 e. The van der Waals surface area contributed by atoms with Gasteiger partial charge in [-0.1, -0.05) is 6.07 Å². The number of aromatic nitrogens is 1. The summed E-state index contributed by atoms with van der Waals surface area (Å²) >= 11 is 0. The predicted octanol–water partition coefficient (Wildman–Crippen LogP) is -0.996. The van der Waals surface area contributed by atoms with Gasteiger partial charge in [0, 0.05) is 12.3 Å². The van der Waals surface area contributed by atoms with Gasteiger partial charge in [0.2, 0.25) is 5.91 Å². The molecule has 15 heavy (non-hydrogen) atoms. The van der Waals surface area contributed by atoms with Crippen LogP contribution in [0.3, 0.4) is 0 Å². The maximum Gasteiger partial charge on any atom is 0.244 e. The zero-order valence-corrected chi connectivity index (χ0v) is 7.84. The quantitative estimate of drug-likeness (QED) is 0.639. The van der Waals surface area contributed by atoms with Crippen LogP contribution in [0.25, 0.3) is 0 Å². The minimum absolute atomic E-state index is 0.261. The number of aliphatic carboxylic acids is 1. The fraction of sp³-hybridized carbons (Fsp3) is 0.100. The zero-order chi connectivity index (χ0) is 11.1. The Morgan fingerprint density at radius 2 is 2.20 bits per heavy atom. The summed E-state index contributed by atoms with van der Waals surface area (Å²) in [5, 5.41) is 12.5. The van der Waals surface area contributed by atoms with Crippen molar-refractivity contribution in [1.29, 1.82) is 0 Å². The van der Waals surface area contributed by atoms with Crippen LogP contribution >= 0.6 is 0 Å². The average Bonchev–Trinajstić information content (AvgIpc) is 2.25. The Bertz CT molecular complexity index is 374. The average molecular weight is 205 g/mol. The van der Waals surface area contributed by atoms with Gasteiger partial charge in [0.15, 0.2) is 0 Å². The van der Waals surface area contributed by atoms with Crippen molar-refractivity contribution in [1.82, 2.24) is 10.3 Å². The van der Waals surface area contributed by atoms with Crippen molar-refractivity contribution in [2.24, 2.45) is 0 Å². The molecule has 0 fully saturated rings. The molecule has 1 aromatic heterocycles. The van der Waals surface area contributed by atoms with Gasteiger partial charge < -0.3 is 15.2 Å². The standard InChI is InChI=1S/C10H10N2O3/c13-9(4-5-10(14)15)12-7-8-3-1-2-6-11-8/h1-6H,7H2,(H,12,13)(H,14,15)/p-1/b5-4+. The minimum Gasteiger partial charge on any atom is -0.545 e. The van der Waals surface area contributed by atoms with Gasteiger partial charge >= 0.3 is 0 Å². The minimum atomic E-state index is -1.40. The van der Waals surface area contributed by atoms with Crippen LogP contribution in [0.4, 0.5) is 0 Å². The molecule has 0 saturated heterocycles. The Kier molecular flexibility index (Phi) is 4.03. The van der Waals surface area contributed by atoms with Gasteiger partial charge in [0.05, 0.1) is 18.2 Å². The lowest BCUT2D eigenvalue weighted by molar-refractivity contribution is -0.297. The fourth-order valence-electron chi connectivity index (χ4n) is 0.883. The van der Waals surface area contributed by atoms with Crippen molar-refractivity contribution in [2.45, 2.75) is 6.54 Å². The summed E-state index contributed by atoms with van der Waals surface area (Å²) < 4.78 is 0. The zero-order valence-electron chi connectivity index (χ0n) is 7.84. The second kappa shape index (κ2) is 5.54. The highest BCUT2D eigenvalue weighted by Gasteiger charge is 1.96. The van der Waals surface area contributed by atoms with Crippen molar-refractivity contribution in [3.05, 3.63) is 42.2 Å². The van der Waals surface area contributed by atoms with E-state index in [2.05, 4.69) is 10.3 Å². The summed E-state index contributed by atoms with van der Waals surface area (Å²) in [7, 11) is 0. The largest absolute Gasteiger partial charge is 0.545 e. The number of carbonyl (C=O) groups is 2. The highest BCUT2D eigenvalue weighted by Crippen LogP contribution is 1.91. The second-order valence-corrected chi connectivity index (χ2v) is 2.69. The van der Waals surface area contributed by atoms with E-state index in [4.69, 9.17) is 0 Å². The molecule has 1 aromatic rings. The van der Waals surface area contributed by atoms with E-state index in [9.17, 15) is 14.7 Å². The molecule has 78 valence electrons. The first-order chi connectivity index (χ1) is 7.18. The molecule has 1 heterocycles. The molecule has 0 aliphatic rings. The third-order valence-electron chi connectivity index (χ3n) is 1.54. The normalized spacial score (nSPS) is 10.1. The van der Waals surface area contributed by atoms with Gasteiger partial charge in [-0.05, 0) is 18.2 Å². The van der Waals surface area contributed by atoms with E-state index in [1.54, 1.807) is 24.4 Å². The number of carbonyl (C=O) groups excluding carboxylic acids is 2. The molecule has 1 rings (SSSR count). The van der Waals surface area contributed by atoms with Gasteiger partial charge in [-0.25, -0.2) is 0 Å². The molecule has 0 aliphatic carbocycles. The number of carboxylic acids is 1. The van der Waals surface area contributed by atoms with E-state index >= 15 is 0 Å². The summed E-state index contributed by atoms with van der Waals surface area (Å²) in [5.41, 5.74) is 0.702. The molecular formula is C10H9N2O3-. The Morgan fingerprint density at radius 3 is 2.80 bits per heavy atom. The van der Waals surface area contributed by atoms with Gasteiger partial charge in [0.1, 0.15) is 0 Å². The van der Waals surface area contributed by atoms with Crippen LogP contribution in [0.15, 0.2) is 36.5 Å². The van der Waals surface area contributed by atoms with E-state index in [0.717, 1.165) is 6.08 Å². The lowest BCUT2D eigenvalue weighted by Gasteiger charge is -2.00. The lowest BCUT2D eigenvalue weighted by atomic mass is 10.3. The van der Waals surface area contributed by atoms with Gasteiger partial charge in [0.25, 0.3) is 0 Å². The predicted molar refractivity (Wildman–Crippen MR) is 50.2 cm³/mol. The monoisotopic (exact) mass is 205 g/mol. The summed E-state index contributed by atoms with van der Waals surface area (Å²) in [5.74, 6) is -1.90. The Labute approximate surface area is 86.5 Å².